The number of sulfonamides is 1. The summed E-state index contributed by atoms with van der Waals surface area (Å²) in [7, 11) is -3.82. The molecule has 6 heteroatoms. The van der Waals surface area contributed by atoms with E-state index in [1.54, 1.807) is 0 Å². The Morgan fingerprint density at radius 1 is 1.44 bits per heavy atom. The van der Waals surface area contributed by atoms with Crippen LogP contribution in [0.1, 0.15) is 18.9 Å². The van der Waals surface area contributed by atoms with Gasteiger partial charge in [-0.3, -0.25) is 0 Å². The Bertz CT molecular complexity index is 459. The van der Waals surface area contributed by atoms with E-state index in [-0.39, 0.29) is 13.2 Å². The molecule has 0 heterocycles. The largest absolute Gasteiger partial charge is 0.392 e. The SMILES string of the molecule is CCCNS(=O)(=O)c1cc(CO)ccc1F. The van der Waals surface area contributed by atoms with E-state index in [0.717, 1.165) is 12.1 Å². The summed E-state index contributed by atoms with van der Waals surface area (Å²) in [6.45, 7) is 1.74. The average molecular weight is 247 g/mol. The van der Waals surface area contributed by atoms with Gasteiger partial charge in [-0.1, -0.05) is 13.0 Å². The number of benzene rings is 1. The molecule has 0 saturated carbocycles. The van der Waals surface area contributed by atoms with E-state index in [9.17, 15) is 12.8 Å². The highest BCUT2D eigenvalue weighted by Gasteiger charge is 2.18. The van der Waals surface area contributed by atoms with Crippen LogP contribution in [0.25, 0.3) is 0 Å². The van der Waals surface area contributed by atoms with Crippen LogP contribution >= 0.6 is 0 Å². The number of halogens is 1. The maximum absolute atomic E-state index is 13.3. The second kappa shape index (κ2) is 5.38. The summed E-state index contributed by atoms with van der Waals surface area (Å²) in [6, 6.07) is 3.51. The Balaban J connectivity index is 3.11. The van der Waals surface area contributed by atoms with Crippen LogP contribution < -0.4 is 4.72 Å². The number of aliphatic hydroxyl groups is 1. The minimum Gasteiger partial charge on any atom is -0.392 e. The number of hydrogen-bond donors (Lipinski definition) is 2. The molecule has 0 bridgehead atoms. The third kappa shape index (κ3) is 3.01. The summed E-state index contributed by atoms with van der Waals surface area (Å²) < 4.78 is 38.9. The fraction of sp³-hybridized carbons (Fsp3) is 0.400. The van der Waals surface area contributed by atoms with Gasteiger partial charge in [-0.2, -0.15) is 0 Å². The smallest absolute Gasteiger partial charge is 0.243 e. The molecule has 16 heavy (non-hydrogen) atoms. The third-order valence-corrected chi connectivity index (χ3v) is 3.49. The molecule has 0 unspecified atom stereocenters. The molecule has 0 saturated heterocycles. The maximum Gasteiger partial charge on any atom is 0.243 e. The second-order valence-electron chi connectivity index (χ2n) is 3.32. The highest BCUT2D eigenvalue weighted by atomic mass is 32.2. The number of aliphatic hydroxyl groups excluding tert-OH is 1. The van der Waals surface area contributed by atoms with Crippen molar-refractivity contribution >= 4 is 10.0 Å². The third-order valence-electron chi connectivity index (χ3n) is 2.01. The van der Waals surface area contributed by atoms with Gasteiger partial charge in [0.2, 0.25) is 10.0 Å². The van der Waals surface area contributed by atoms with Crippen molar-refractivity contribution in [1.29, 1.82) is 0 Å². The molecule has 0 aliphatic rings. The van der Waals surface area contributed by atoms with Gasteiger partial charge in [0.15, 0.2) is 0 Å². The molecule has 0 amide bonds. The van der Waals surface area contributed by atoms with Crippen LogP contribution in [0.3, 0.4) is 0 Å². The summed E-state index contributed by atoms with van der Waals surface area (Å²) in [5.41, 5.74) is 0.360. The fourth-order valence-electron chi connectivity index (χ4n) is 1.17. The van der Waals surface area contributed by atoms with Crippen molar-refractivity contribution in [2.75, 3.05) is 6.54 Å². The van der Waals surface area contributed by atoms with E-state index >= 15 is 0 Å². The molecule has 0 spiro atoms. The zero-order chi connectivity index (χ0) is 12.2. The predicted molar refractivity (Wildman–Crippen MR) is 57.8 cm³/mol. The maximum atomic E-state index is 13.3. The van der Waals surface area contributed by atoms with Gasteiger partial charge in [0.1, 0.15) is 10.7 Å². The van der Waals surface area contributed by atoms with E-state index in [1.807, 2.05) is 6.92 Å². The molecule has 1 aromatic carbocycles. The molecule has 0 aliphatic carbocycles. The molecular weight excluding hydrogens is 233 g/mol. The molecule has 2 N–H and O–H groups in total. The predicted octanol–water partition coefficient (Wildman–Crippen LogP) is 1.01. The minimum atomic E-state index is -3.82. The Morgan fingerprint density at radius 3 is 2.69 bits per heavy atom. The summed E-state index contributed by atoms with van der Waals surface area (Å²) in [6.07, 6.45) is 0.626. The minimum absolute atomic E-state index is 0.255. The van der Waals surface area contributed by atoms with E-state index < -0.39 is 20.7 Å². The number of nitrogens with one attached hydrogen (secondary N) is 1. The van der Waals surface area contributed by atoms with Crippen molar-refractivity contribution in [2.45, 2.75) is 24.8 Å². The van der Waals surface area contributed by atoms with Crippen molar-refractivity contribution in [3.05, 3.63) is 29.6 Å². The van der Waals surface area contributed by atoms with Crippen molar-refractivity contribution in [2.24, 2.45) is 0 Å². The first kappa shape index (κ1) is 13.1. The van der Waals surface area contributed by atoms with Gasteiger partial charge >= 0.3 is 0 Å². The van der Waals surface area contributed by atoms with Crippen LogP contribution in [0.4, 0.5) is 4.39 Å². The first-order chi connectivity index (χ1) is 7.51. The Kier molecular flexibility index (Phi) is 4.40. The van der Waals surface area contributed by atoms with Gasteiger partial charge < -0.3 is 5.11 Å². The van der Waals surface area contributed by atoms with Crippen LogP contribution in [-0.2, 0) is 16.6 Å². The molecule has 0 atom stereocenters. The van der Waals surface area contributed by atoms with Gasteiger partial charge in [-0.25, -0.2) is 17.5 Å². The normalized spacial score (nSPS) is 11.7. The highest BCUT2D eigenvalue weighted by molar-refractivity contribution is 7.89. The van der Waals surface area contributed by atoms with Gasteiger partial charge in [0.05, 0.1) is 6.61 Å². The quantitative estimate of drug-likeness (QED) is 0.816. The molecular formula is C10H14FNO3S. The van der Waals surface area contributed by atoms with E-state index in [1.165, 1.54) is 6.07 Å². The van der Waals surface area contributed by atoms with Gasteiger partial charge in [-0.05, 0) is 24.1 Å². The van der Waals surface area contributed by atoms with E-state index in [2.05, 4.69) is 4.72 Å². The molecule has 0 aliphatic heterocycles. The Hall–Kier alpha value is -0.980. The van der Waals surface area contributed by atoms with Crippen LogP contribution in [-0.4, -0.2) is 20.1 Å². The first-order valence-corrected chi connectivity index (χ1v) is 6.38. The zero-order valence-corrected chi connectivity index (χ0v) is 9.72. The van der Waals surface area contributed by atoms with Gasteiger partial charge in [0, 0.05) is 6.54 Å². The first-order valence-electron chi connectivity index (χ1n) is 4.90. The van der Waals surface area contributed by atoms with Crippen LogP contribution in [0, 0.1) is 5.82 Å². The lowest BCUT2D eigenvalue weighted by Crippen LogP contribution is -2.25. The molecule has 90 valence electrons. The lowest BCUT2D eigenvalue weighted by molar-refractivity contribution is 0.281. The van der Waals surface area contributed by atoms with Gasteiger partial charge in [0.25, 0.3) is 0 Å². The summed E-state index contributed by atoms with van der Waals surface area (Å²) in [4.78, 5) is -0.424. The molecule has 4 nitrogen and oxygen atoms in total. The fourth-order valence-corrected chi connectivity index (χ4v) is 2.43. The van der Waals surface area contributed by atoms with Crippen molar-refractivity contribution in [1.82, 2.24) is 4.72 Å². The lowest BCUT2D eigenvalue weighted by atomic mass is 10.2. The lowest BCUT2D eigenvalue weighted by Gasteiger charge is -2.07. The van der Waals surface area contributed by atoms with Crippen LogP contribution in [0.15, 0.2) is 23.1 Å². The number of rotatable bonds is 5. The molecule has 0 fully saturated rings. The monoisotopic (exact) mass is 247 g/mol. The Morgan fingerprint density at radius 2 is 2.12 bits per heavy atom. The van der Waals surface area contributed by atoms with Gasteiger partial charge in [-0.15, -0.1) is 0 Å². The number of hydrogen-bond acceptors (Lipinski definition) is 3. The summed E-state index contributed by atoms with van der Waals surface area (Å²) in [5, 5.41) is 8.86. The summed E-state index contributed by atoms with van der Waals surface area (Å²) in [5.74, 6) is -0.819. The van der Waals surface area contributed by atoms with Crippen molar-refractivity contribution in [3.63, 3.8) is 0 Å². The zero-order valence-electron chi connectivity index (χ0n) is 8.90. The average Bonchev–Trinajstić information content (AvgIpc) is 2.27. The topological polar surface area (TPSA) is 66.4 Å². The second-order valence-corrected chi connectivity index (χ2v) is 5.06. The molecule has 1 aromatic rings. The van der Waals surface area contributed by atoms with Crippen LogP contribution in [0.5, 0.6) is 0 Å². The molecule has 0 aromatic heterocycles. The Labute approximate surface area is 94.2 Å². The summed E-state index contributed by atoms with van der Waals surface area (Å²) >= 11 is 0. The highest BCUT2D eigenvalue weighted by Crippen LogP contribution is 2.16. The molecule has 1 rings (SSSR count). The molecule has 0 radical (unpaired) electrons. The van der Waals surface area contributed by atoms with Crippen LogP contribution in [0.2, 0.25) is 0 Å². The van der Waals surface area contributed by atoms with E-state index in [4.69, 9.17) is 5.11 Å². The van der Waals surface area contributed by atoms with Crippen molar-refractivity contribution in [3.8, 4) is 0 Å². The van der Waals surface area contributed by atoms with Crippen molar-refractivity contribution < 1.29 is 17.9 Å². The standard InChI is InChI=1S/C10H14FNO3S/c1-2-5-12-16(14,15)10-6-8(7-13)3-4-9(10)11/h3-4,6,12-13H,2,5,7H2,1H3. The van der Waals surface area contributed by atoms with E-state index in [0.29, 0.717) is 12.0 Å².